The van der Waals surface area contributed by atoms with Crippen molar-refractivity contribution in [3.63, 3.8) is 0 Å². The molecular formula is C20H24F3N. The Balaban J connectivity index is 2.14. The molecule has 0 aromatic heterocycles. The predicted molar refractivity (Wildman–Crippen MR) is 91.8 cm³/mol. The number of hydrogen-bond acceptors (Lipinski definition) is 1. The fourth-order valence-corrected chi connectivity index (χ4v) is 3.22. The van der Waals surface area contributed by atoms with E-state index in [1.54, 1.807) is 6.07 Å². The minimum atomic E-state index is -4.29. The molecule has 0 fully saturated rings. The summed E-state index contributed by atoms with van der Waals surface area (Å²) in [5.41, 5.74) is 1.36. The van der Waals surface area contributed by atoms with Crippen molar-refractivity contribution in [3.8, 4) is 0 Å². The summed E-state index contributed by atoms with van der Waals surface area (Å²) >= 11 is 0. The number of hydrogen-bond donors (Lipinski definition) is 0. The second kappa shape index (κ2) is 7.84. The molecule has 0 radical (unpaired) electrons. The molecule has 0 aliphatic carbocycles. The van der Waals surface area contributed by atoms with Crippen molar-refractivity contribution in [2.24, 2.45) is 0 Å². The van der Waals surface area contributed by atoms with Gasteiger partial charge in [0.25, 0.3) is 0 Å². The van der Waals surface area contributed by atoms with E-state index in [2.05, 4.69) is 37.8 Å². The molecule has 130 valence electrons. The third-order valence-electron chi connectivity index (χ3n) is 4.50. The van der Waals surface area contributed by atoms with Crippen LogP contribution in [0.25, 0.3) is 0 Å². The molecule has 0 bridgehead atoms. The number of alkyl halides is 3. The van der Waals surface area contributed by atoms with Crippen molar-refractivity contribution in [2.45, 2.75) is 45.5 Å². The molecule has 2 aromatic carbocycles. The van der Waals surface area contributed by atoms with E-state index in [9.17, 15) is 13.2 Å². The molecule has 2 rings (SSSR count). The largest absolute Gasteiger partial charge is 0.416 e. The van der Waals surface area contributed by atoms with E-state index in [1.165, 1.54) is 17.7 Å². The van der Waals surface area contributed by atoms with Crippen LogP contribution >= 0.6 is 0 Å². The maximum absolute atomic E-state index is 12.9. The van der Waals surface area contributed by atoms with Crippen LogP contribution in [0.2, 0.25) is 0 Å². The molecule has 24 heavy (non-hydrogen) atoms. The van der Waals surface area contributed by atoms with Crippen LogP contribution < -0.4 is 0 Å². The molecule has 0 N–H and O–H groups in total. The second-order valence-corrected chi connectivity index (χ2v) is 6.17. The summed E-state index contributed by atoms with van der Waals surface area (Å²) in [6.07, 6.45) is -3.70. The minimum absolute atomic E-state index is 0.147. The van der Waals surface area contributed by atoms with E-state index in [1.807, 2.05) is 18.2 Å². The highest BCUT2D eigenvalue weighted by Gasteiger charge is 2.30. The average molecular weight is 335 g/mol. The van der Waals surface area contributed by atoms with Crippen LogP contribution in [0.5, 0.6) is 0 Å². The molecule has 0 heterocycles. The smallest absolute Gasteiger partial charge is 0.294 e. The quantitative estimate of drug-likeness (QED) is 0.652. The van der Waals surface area contributed by atoms with Crippen molar-refractivity contribution in [1.29, 1.82) is 0 Å². The lowest BCUT2D eigenvalue weighted by Crippen LogP contribution is -2.36. The molecule has 0 aliphatic heterocycles. The lowest BCUT2D eigenvalue weighted by atomic mass is 10.00. The maximum atomic E-state index is 12.9. The molecule has 2 aromatic rings. The Labute approximate surface area is 142 Å². The first-order valence-electron chi connectivity index (χ1n) is 8.29. The van der Waals surface area contributed by atoms with Gasteiger partial charge in [-0.25, -0.2) is 0 Å². The Kier molecular flexibility index (Phi) is 6.05. The van der Waals surface area contributed by atoms with E-state index < -0.39 is 11.7 Å². The van der Waals surface area contributed by atoms with E-state index in [4.69, 9.17) is 0 Å². The van der Waals surface area contributed by atoms with Crippen molar-refractivity contribution in [3.05, 3.63) is 71.3 Å². The van der Waals surface area contributed by atoms with E-state index in [0.29, 0.717) is 6.42 Å². The average Bonchev–Trinajstić information content (AvgIpc) is 2.55. The molecule has 0 aliphatic rings. The molecule has 2 atom stereocenters. The van der Waals surface area contributed by atoms with Crippen molar-refractivity contribution in [1.82, 2.24) is 4.90 Å². The van der Waals surface area contributed by atoms with Gasteiger partial charge in [-0.15, -0.1) is 0 Å². The molecule has 0 saturated carbocycles. The SMILES string of the molecule is CCN([C@@H](C)Cc1cccc(C(F)(F)F)c1)[C@@H](C)c1ccccc1. The number of halogens is 3. The van der Waals surface area contributed by atoms with Crippen LogP contribution in [-0.2, 0) is 12.6 Å². The number of likely N-dealkylation sites (N-methyl/N-ethyl adjacent to an activating group) is 1. The van der Waals surface area contributed by atoms with Crippen LogP contribution in [-0.4, -0.2) is 17.5 Å². The molecule has 0 unspecified atom stereocenters. The summed E-state index contributed by atoms with van der Waals surface area (Å²) in [5.74, 6) is 0. The number of rotatable bonds is 6. The van der Waals surface area contributed by atoms with Gasteiger partial charge in [-0.05, 0) is 44.0 Å². The number of benzene rings is 2. The van der Waals surface area contributed by atoms with Crippen LogP contribution in [0.15, 0.2) is 54.6 Å². The Hall–Kier alpha value is -1.81. The predicted octanol–water partition coefficient (Wildman–Crippen LogP) is 5.72. The fraction of sp³-hybridized carbons (Fsp3) is 0.400. The standard InChI is InChI=1S/C20H24F3N/c1-4-24(16(3)18-10-6-5-7-11-18)15(2)13-17-9-8-12-19(14-17)20(21,22)23/h5-12,14-16H,4,13H2,1-3H3/t15-,16-/m0/s1. The van der Waals surface area contributed by atoms with Crippen LogP contribution in [0.4, 0.5) is 13.2 Å². The van der Waals surface area contributed by atoms with Crippen molar-refractivity contribution >= 4 is 0 Å². The summed E-state index contributed by atoms with van der Waals surface area (Å²) < 4.78 is 38.6. The van der Waals surface area contributed by atoms with Gasteiger partial charge in [0.1, 0.15) is 0 Å². The summed E-state index contributed by atoms with van der Waals surface area (Å²) in [7, 11) is 0. The molecular weight excluding hydrogens is 311 g/mol. The van der Waals surface area contributed by atoms with E-state index in [-0.39, 0.29) is 12.1 Å². The van der Waals surface area contributed by atoms with Gasteiger partial charge in [0.2, 0.25) is 0 Å². The summed E-state index contributed by atoms with van der Waals surface area (Å²) in [5, 5.41) is 0. The summed E-state index contributed by atoms with van der Waals surface area (Å²) in [6, 6.07) is 16.2. The topological polar surface area (TPSA) is 3.24 Å². The van der Waals surface area contributed by atoms with Gasteiger partial charge >= 0.3 is 6.18 Å². The normalized spacial score (nSPS) is 14.6. The summed E-state index contributed by atoms with van der Waals surface area (Å²) in [4.78, 5) is 2.32. The molecule has 1 nitrogen and oxygen atoms in total. The zero-order valence-electron chi connectivity index (χ0n) is 14.3. The fourth-order valence-electron chi connectivity index (χ4n) is 3.22. The molecule has 0 saturated heterocycles. The van der Waals surface area contributed by atoms with Crippen LogP contribution in [0.1, 0.15) is 43.5 Å². The first kappa shape index (κ1) is 18.5. The highest BCUT2D eigenvalue weighted by molar-refractivity contribution is 5.26. The van der Waals surface area contributed by atoms with Gasteiger partial charge in [-0.1, -0.05) is 55.5 Å². The summed E-state index contributed by atoms with van der Waals surface area (Å²) in [6.45, 7) is 7.14. The van der Waals surface area contributed by atoms with Gasteiger partial charge in [0.05, 0.1) is 5.56 Å². The molecule has 0 amide bonds. The van der Waals surface area contributed by atoms with Gasteiger partial charge in [0, 0.05) is 12.1 Å². The highest BCUT2D eigenvalue weighted by Crippen LogP contribution is 2.30. The van der Waals surface area contributed by atoms with Crippen molar-refractivity contribution in [2.75, 3.05) is 6.54 Å². The van der Waals surface area contributed by atoms with E-state index in [0.717, 1.165) is 18.2 Å². The third kappa shape index (κ3) is 4.60. The first-order chi connectivity index (χ1) is 11.3. The highest BCUT2D eigenvalue weighted by atomic mass is 19.4. The minimum Gasteiger partial charge on any atom is -0.294 e. The zero-order valence-corrected chi connectivity index (χ0v) is 14.3. The second-order valence-electron chi connectivity index (χ2n) is 6.17. The van der Waals surface area contributed by atoms with Crippen molar-refractivity contribution < 1.29 is 13.2 Å². The number of nitrogens with zero attached hydrogens (tertiary/aromatic N) is 1. The Bertz CT molecular complexity index is 637. The monoisotopic (exact) mass is 335 g/mol. The Morgan fingerprint density at radius 1 is 0.958 bits per heavy atom. The van der Waals surface area contributed by atoms with Gasteiger partial charge in [0.15, 0.2) is 0 Å². The molecule has 4 heteroatoms. The van der Waals surface area contributed by atoms with Gasteiger partial charge < -0.3 is 0 Å². The van der Waals surface area contributed by atoms with E-state index >= 15 is 0 Å². The molecule has 0 spiro atoms. The van der Waals surface area contributed by atoms with Gasteiger partial charge in [-0.3, -0.25) is 4.90 Å². The Morgan fingerprint density at radius 2 is 1.62 bits per heavy atom. The van der Waals surface area contributed by atoms with Gasteiger partial charge in [-0.2, -0.15) is 13.2 Å². The van der Waals surface area contributed by atoms with Crippen LogP contribution in [0, 0.1) is 0 Å². The Morgan fingerprint density at radius 3 is 2.21 bits per heavy atom. The lowest BCUT2D eigenvalue weighted by molar-refractivity contribution is -0.137. The third-order valence-corrected chi connectivity index (χ3v) is 4.50. The lowest BCUT2D eigenvalue weighted by Gasteiger charge is -2.34. The maximum Gasteiger partial charge on any atom is 0.416 e. The first-order valence-corrected chi connectivity index (χ1v) is 8.29. The zero-order chi connectivity index (χ0) is 17.7. The van der Waals surface area contributed by atoms with Crippen LogP contribution in [0.3, 0.4) is 0 Å².